The van der Waals surface area contributed by atoms with Crippen LogP contribution in [0.5, 0.6) is 0 Å². The molecule has 2 rings (SSSR count). The highest BCUT2D eigenvalue weighted by Crippen LogP contribution is 2.23. The van der Waals surface area contributed by atoms with Crippen LogP contribution < -0.4 is 5.32 Å². The molecule has 0 radical (unpaired) electrons. The third-order valence-corrected chi connectivity index (χ3v) is 3.77. The summed E-state index contributed by atoms with van der Waals surface area (Å²) in [5.41, 5.74) is 0.779. The fraction of sp³-hybridized carbons (Fsp3) is 0.538. The van der Waals surface area contributed by atoms with E-state index in [1.54, 1.807) is 12.1 Å². The SMILES string of the molecule is CN1CCC(NCc2cc(Cl)ccc2[N+](=O)[O-])CC1. The minimum Gasteiger partial charge on any atom is -0.310 e. The first-order valence-corrected chi connectivity index (χ1v) is 6.79. The summed E-state index contributed by atoms with van der Waals surface area (Å²) in [5, 5.41) is 14.9. The van der Waals surface area contributed by atoms with Gasteiger partial charge in [-0.1, -0.05) is 11.6 Å². The lowest BCUT2D eigenvalue weighted by atomic mass is 10.0. The standard InChI is InChI=1S/C13H18ClN3O2/c1-16-6-4-12(5-7-16)15-9-10-8-11(14)2-3-13(10)17(18)19/h2-3,8,12,15H,4-7,9H2,1H3. The molecular weight excluding hydrogens is 266 g/mol. The molecule has 104 valence electrons. The average molecular weight is 284 g/mol. The number of nitrogens with one attached hydrogen (secondary N) is 1. The molecule has 19 heavy (non-hydrogen) atoms. The molecule has 0 saturated carbocycles. The highest BCUT2D eigenvalue weighted by molar-refractivity contribution is 6.30. The van der Waals surface area contributed by atoms with Crippen LogP contribution >= 0.6 is 11.6 Å². The summed E-state index contributed by atoms with van der Waals surface area (Å²) in [6.45, 7) is 2.62. The summed E-state index contributed by atoms with van der Waals surface area (Å²) < 4.78 is 0. The molecule has 0 aliphatic carbocycles. The number of nitro benzene ring substituents is 1. The summed E-state index contributed by atoms with van der Waals surface area (Å²) in [6, 6.07) is 5.11. The van der Waals surface area contributed by atoms with Gasteiger partial charge in [0.2, 0.25) is 0 Å². The number of nitrogens with zero attached hydrogens (tertiary/aromatic N) is 2. The Morgan fingerprint density at radius 1 is 1.47 bits per heavy atom. The van der Waals surface area contributed by atoms with E-state index in [-0.39, 0.29) is 10.6 Å². The van der Waals surface area contributed by atoms with Crippen molar-refractivity contribution >= 4 is 17.3 Å². The van der Waals surface area contributed by atoms with E-state index in [0.29, 0.717) is 23.2 Å². The van der Waals surface area contributed by atoms with Gasteiger partial charge in [-0.3, -0.25) is 10.1 Å². The van der Waals surface area contributed by atoms with Gasteiger partial charge < -0.3 is 10.2 Å². The van der Waals surface area contributed by atoms with E-state index in [9.17, 15) is 10.1 Å². The van der Waals surface area contributed by atoms with Gasteiger partial charge in [-0.25, -0.2) is 0 Å². The zero-order valence-corrected chi connectivity index (χ0v) is 11.7. The van der Waals surface area contributed by atoms with Crippen molar-refractivity contribution in [2.24, 2.45) is 0 Å². The Balaban J connectivity index is 1.98. The first kappa shape index (κ1) is 14.2. The summed E-state index contributed by atoms with van der Waals surface area (Å²) in [5.74, 6) is 0. The van der Waals surface area contributed by atoms with E-state index in [1.807, 2.05) is 0 Å². The maximum Gasteiger partial charge on any atom is 0.273 e. The van der Waals surface area contributed by atoms with Crippen molar-refractivity contribution in [1.82, 2.24) is 10.2 Å². The molecule has 1 aliphatic heterocycles. The third kappa shape index (κ3) is 3.89. The predicted molar refractivity (Wildman–Crippen MR) is 75.5 cm³/mol. The topological polar surface area (TPSA) is 58.4 Å². The van der Waals surface area contributed by atoms with Crippen LogP contribution in [0, 0.1) is 10.1 Å². The van der Waals surface area contributed by atoms with Gasteiger partial charge in [-0.05, 0) is 45.1 Å². The van der Waals surface area contributed by atoms with Crippen molar-refractivity contribution in [3.05, 3.63) is 38.9 Å². The Morgan fingerprint density at radius 2 is 2.16 bits per heavy atom. The van der Waals surface area contributed by atoms with Gasteiger partial charge in [-0.2, -0.15) is 0 Å². The van der Waals surface area contributed by atoms with E-state index in [0.717, 1.165) is 25.9 Å². The number of hydrogen-bond acceptors (Lipinski definition) is 4. The number of benzene rings is 1. The Morgan fingerprint density at radius 3 is 2.79 bits per heavy atom. The second-order valence-electron chi connectivity index (χ2n) is 4.99. The Kier molecular flexibility index (Phi) is 4.74. The number of hydrogen-bond donors (Lipinski definition) is 1. The minimum absolute atomic E-state index is 0.129. The molecule has 1 aromatic rings. The second kappa shape index (κ2) is 6.32. The largest absolute Gasteiger partial charge is 0.310 e. The van der Waals surface area contributed by atoms with E-state index in [4.69, 9.17) is 11.6 Å². The highest BCUT2D eigenvalue weighted by Gasteiger charge is 2.18. The van der Waals surface area contributed by atoms with Crippen LogP contribution in [0.3, 0.4) is 0 Å². The summed E-state index contributed by atoms with van der Waals surface area (Å²) in [4.78, 5) is 12.9. The summed E-state index contributed by atoms with van der Waals surface area (Å²) in [6.07, 6.45) is 2.15. The maximum atomic E-state index is 11.0. The lowest BCUT2D eigenvalue weighted by molar-refractivity contribution is -0.385. The molecule has 0 amide bonds. The molecule has 0 bridgehead atoms. The molecule has 5 nitrogen and oxygen atoms in total. The summed E-state index contributed by atoms with van der Waals surface area (Å²) >= 11 is 5.91. The maximum absolute atomic E-state index is 11.0. The smallest absolute Gasteiger partial charge is 0.273 e. The molecule has 0 spiro atoms. The fourth-order valence-corrected chi connectivity index (χ4v) is 2.54. The Bertz CT molecular complexity index is 459. The molecule has 0 aromatic heterocycles. The lowest BCUT2D eigenvalue weighted by Gasteiger charge is -2.29. The van der Waals surface area contributed by atoms with Gasteiger partial charge in [0, 0.05) is 29.2 Å². The lowest BCUT2D eigenvalue weighted by Crippen LogP contribution is -2.40. The van der Waals surface area contributed by atoms with Gasteiger partial charge in [0.25, 0.3) is 5.69 Å². The van der Waals surface area contributed by atoms with Gasteiger partial charge in [0.05, 0.1) is 4.92 Å². The number of nitro groups is 1. The first-order chi connectivity index (χ1) is 9.06. The number of piperidine rings is 1. The second-order valence-corrected chi connectivity index (χ2v) is 5.43. The zero-order chi connectivity index (χ0) is 13.8. The number of halogens is 1. The van der Waals surface area contributed by atoms with Crippen molar-refractivity contribution < 1.29 is 4.92 Å². The number of rotatable bonds is 4. The average Bonchev–Trinajstić information content (AvgIpc) is 2.38. The van der Waals surface area contributed by atoms with E-state index in [2.05, 4.69) is 17.3 Å². The monoisotopic (exact) mass is 283 g/mol. The van der Waals surface area contributed by atoms with Crippen molar-refractivity contribution in [3.8, 4) is 0 Å². The van der Waals surface area contributed by atoms with Gasteiger partial charge in [-0.15, -0.1) is 0 Å². The van der Waals surface area contributed by atoms with Crippen LogP contribution in [0.4, 0.5) is 5.69 Å². The molecule has 1 N–H and O–H groups in total. The quantitative estimate of drug-likeness (QED) is 0.681. The third-order valence-electron chi connectivity index (χ3n) is 3.54. The normalized spacial score (nSPS) is 17.6. The fourth-order valence-electron chi connectivity index (χ4n) is 2.34. The van der Waals surface area contributed by atoms with Gasteiger partial charge in [0.1, 0.15) is 0 Å². The molecule has 1 aliphatic rings. The van der Waals surface area contributed by atoms with Crippen LogP contribution in [0.1, 0.15) is 18.4 Å². The van der Waals surface area contributed by atoms with Crippen molar-refractivity contribution in [1.29, 1.82) is 0 Å². The van der Waals surface area contributed by atoms with Crippen molar-refractivity contribution in [3.63, 3.8) is 0 Å². The molecular formula is C13H18ClN3O2. The predicted octanol–water partition coefficient (Wildman–Crippen LogP) is 2.43. The van der Waals surface area contributed by atoms with Crippen LogP contribution in [-0.4, -0.2) is 36.0 Å². The molecule has 6 heteroatoms. The minimum atomic E-state index is -0.359. The molecule has 1 aromatic carbocycles. The van der Waals surface area contributed by atoms with Crippen LogP contribution in [0.25, 0.3) is 0 Å². The number of likely N-dealkylation sites (tertiary alicyclic amines) is 1. The highest BCUT2D eigenvalue weighted by atomic mass is 35.5. The zero-order valence-electron chi connectivity index (χ0n) is 10.9. The molecule has 1 fully saturated rings. The van der Waals surface area contributed by atoms with Crippen molar-refractivity contribution in [2.75, 3.05) is 20.1 Å². The van der Waals surface area contributed by atoms with Gasteiger partial charge in [0.15, 0.2) is 0 Å². The summed E-state index contributed by atoms with van der Waals surface area (Å²) in [7, 11) is 2.11. The van der Waals surface area contributed by atoms with E-state index >= 15 is 0 Å². The molecule has 1 heterocycles. The van der Waals surface area contributed by atoms with E-state index < -0.39 is 0 Å². The molecule has 0 atom stereocenters. The van der Waals surface area contributed by atoms with Crippen molar-refractivity contribution in [2.45, 2.75) is 25.4 Å². The first-order valence-electron chi connectivity index (χ1n) is 6.41. The molecule has 1 saturated heterocycles. The van der Waals surface area contributed by atoms with Gasteiger partial charge >= 0.3 is 0 Å². The van der Waals surface area contributed by atoms with Crippen LogP contribution in [0.15, 0.2) is 18.2 Å². The molecule has 0 unspecified atom stereocenters. The van der Waals surface area contributed by atoms with E-state index in [1.165, 1.54) is 6.07 Å². The Labute approximate surface area is 117 Å². The van der Waals surface area contributed by atoms with Crippen LogP contribution in [0.2, 0.25) is 5.02 Å². The van der Waals surface area contributed by atoms with Crippen LogP contribution in [-0.2, 0) is 6.54 Å². The Hall–Kier alpha value is -1.17.